The summed E-state index contributed by atoms with van der Waals surface area (Å²) in [5.74, 6) is -4.01. The van der Waals surface area contributed by atoms with E-state index in [0.717, 1.165) is 12.1 Å². The number of fused-ring (bicyclic) bond motifs is 1. The Kier molecular flexibility index (Phi) is 13.9. The van der Waals surface area contributed by atoms with Crippen molar-refractivity contribution >= 4 is 31.8 Å². The van der Waals surface area contributed by atoms with Gasteiger partial charge in [-0.2, -0.15) is 0 Å². The van der Waals surface area contributed by atoms with Gasteiger partial charge < -0.3 is 27.0 Å². The molecular weight excluding hydrogens is 466 g/mol. The molecule has 1 aromatic carbocycles. The van der Waals surface area contributed by atoms with Crippen LogP contribution in [0.1, 0.15) is 0 Å². The molecule has 2 aromatic rings. The minimum Gasteiger partial charge on any atom is -0.867 e. The van der Waals surface area contributed by atoms with E-state index in [0.29, 0.717) is 6.07 Å². The van der Waals surface area contributed by atoms with Crippen LogP contribution < -0.4 is 173 Å². The minimum atomic E-state index is -5.46. The summed E-state index contributed by atoms with van der Waals surface area (Å²) in [7, 11) is -10.8. The monoisotopic (exact) mass is 468 g/mol. The van der Waals surface area contributed by atoms with E-state index in [1.54, 1.807) is 0 Å². The number of rotatable bonds is 4. The van der Waals surface area contributed by atoms with Crippen LogP contribution in [0.3, 0.4) is 0 Å². The molecule has 0 saturated carbocycles. The zero-order chi connectivity index (χ0) is 16.7. The summed E-state index contributed by atoms with van der Waals surface area (Å²) in [4.78, 5) is 11.1. The molecule has 16 heteroatoms. The summed E-state index contributed by atoms with van der Waals surface area (Å²) in [6, 6.07) is 2.53. The van der Waals surface area contributed by atoms with Crippen molar-refractivity contribution in [3.05, 3.63) is 28.6 Å². The SMILES string of the molecule is O=c1ccc2cc(OS(=O)(=O)[O-])c([O-])c(OS(=O)(=O)[O-])c2o1.[K+].[K+].[K+]. The van der Waals surface area contributed by atoms with Crippen molar-refractivity contribution in [3.63, 3.8) is 0 Å². The van der Waals surface area contributed by atoms with Gasteiger partial charge in [-0.3, -0.25) is 0 Å². The van der Waals surface area contributed by atoms with Crippen LogP contribution in [-0.2, 0) is 20.8 Å². The Bertz CT molecular complexity index is 1010. The normalized spacial score (nSPS) is 10.8. The van der Waals surface area contributed by atoms with Crippen molar-refractivity contribution in [2.24, 2.45) is 0 Å². The average Bonchev–Trinajstić information content (AvgIpc) is 2.32. The molecule has 2 rings (SSSR count). The number of hydrogen-bond donors (Lipinski definition) is 0. The van der Waals surface area contributed by atoms with Crippen LogP contribution >= 0.6 is 0 Å². The summed E-state index contributed by atoms with van der Waals surface area (Å²) in [5.41, 5.74) is -1.74. The second-order valence-corrected chi connectivity index (χ2v) is 5.66. The molecule has 0 atom stereocenters. The van der Waals surface area contributed by atoms with Crippen molar-refractivity contribution < 1.29 is 198 Å². The minimum absolute atomic E-state index is 0. The maximum absolute atomic E-state index is 11.8. The van der Waals surface area contributed by atoms with Gasteiger partial charge in [0.1, 0.15) is 5.75 Å². The molecule has 11 nitrogen and oxygen atoms in total. The standard InChI is InChI=1S/C9H6O11S2.3K/c10-6-2-1-4-3-5(19-21(12,13)14)7(11)9(8(4)18-6)20-22(15,16)17;;;/h1-3,11H,(H,12,13,14)(H,15,16,17);;;/q;3*+1/p-3. The van der Waals surface area contributed by atoms with E-state index in [1.165, 1.54) is 0 Å². The van der Waals surface area contributed by atoms with Gasteiger partial charge in [0.2, 0.25) is 0 Å². The second-order valence-electron chi connectivity index (χ2n) is 3.69. The van der Waals surface area contributed by atoms with E-state index in [1.807, 2.05) is 0 Å². The summed E-state index contributed by atoms with van der Waals surface area (Å²) in [5, 5.41) is 11.6. The van der Waals surface area contributed by atoms with Gasteiger partial charge in [-0.15, -0.1) is 0 Å². The zero-order valence-corrected chi connectivity index (χ0v) is 24.0. The van der Waals surface area contributed by atoms with Crippen LogP contribution in [0, 0.1) is 0 Å². The summed E-state index contributed by atoms with van der Waals surface area (Å²) < 4.78 is 75.7. The Balaban J connectivity index is 0. The van der Waals surface area contributed by atoms with Crippen LogP contribution in [0.25, 0.3) is 11.0 Å². The van der Waals surface area contributed by atoms with Gasteiger partial charge in [-0.25, -0.2) is 21.6 Å². The first kappa shape index (κ1) is 29.8. The molecule has 1 heterocycles. The third-order valence-electron chi connectivity index (χ3n) is 2.16. The van der Waals surface area contributed by atoms with Gasteiger partial charge >= 0.3 is 160 Å². The molecule has 0 bridgehead atoms. The van der Waals surface area contributed by atoms with E-state index in [2.05, 4.69) is 12.8 Å². The Morgan fingerprint density at radius 3 is 1.92 bits per heavy atom. The predicted molar refractivity (Wildman–Crippen MR) is 62.6 cm³/mol. The Morgan fingerprint density at radius 1 is 0.920 bits per heavy atom. The molecule has 0 N–H and O–H groups in total. The summed E-state index contributed by atoms with van der Waals surface area (Å²) in [6.45, 7) is 0. The molecular formula is C9H3K3O11S2. The van der Waals surface area contributed by atoms with Gasteiger partial charge in [0.05, 0.1) is 0 Å². The molecule has 0 saturated heterocycles. The van der Waals surface area contributed by atoms with Crippen LogP contribution in [0.4, 0.5) is 0 Å². The Labute approximate surface area is 269 Å². The fourth-order valence-electron chi connectivity index (χ4n) is 1.49. The molecule has 120 valence electrons. The summed E-state index contributed by atoms with van der Waals surface area (Å²) >= 11 is 0. The third kappa shape index (κ3) is 9.27. The predicted octanol–water partition coefficient (Wildman–Crippen LogP) is -10.4. The fourth-order valence-corrected chi connectivity index (χ4v) is 2.19. The van der Waals surface area contributed by atoms with Crippen molar-refractivity contribution in [1.82, 2.24) is 0 Å². The molecule has 0 aliphatic carbocycles. The molecule has 0 radical (unpaired) electrons. The van der Waals surface area contributed by atoms with E-state index in [4.69, 9.17) is 0 Å². The van der Waals surface area contributed by atoms with Gasteiger partial charge in [-0.05, 0) is 17.9 Å². The first-order chi connectivity index (χ1) is 9.96. The van der Waals surface area contributed by atoms with Crippen LogP contribution in [-0.4, -0.2) is 25.9 Å². The van der Waals surface area contributed by atoms with Crippen LogP contribution in [0.2, 0.25) is 0 Å². The zero-order valence-electron chi connectivity index (χ0n) is 13.0. The molecule has 25 heavy (non-hydrogen) atoms. The Morgan fingerprint density at radius 2 is 1.44 bits per heavy atom. The molecule has 0 aliphatic heterocycles. The molecule has 0 unspecified atom stereocenters. The van der Waals surface area contributed by atoms with E-state index in [-0.39, 0.29) is 160 Å². The van der Waals surface area contributed by atoms with E-state index >= 15 is 0 Å². The van der Waals surface area contributed by atoms with E-state index in [9.17, 15) is 35.8 Å². The molecule has 0 amide bonds. The van der Waals surface area contributed by atoms with Gasteiger partial charge in [0, 0.05) is 11.5 Å². The molecule has 0 aliphatic rings. The fraction of sp³-hybridized carbons (Fsp3) is 0. The van der Waals surface area contributed by atoms with Crippen molar-refractivity contribution in [2.45, 2.75) is 0 Å². The topological polar surface area (TPSA) is 186 Å². The largest absolute Gasteiger partial charge is 1.00 e. The first-order valence-electron chi connectivity index (χ1n) is 5.05. The van der Waals surface area contributed by atoms with Gasteiger partial charge in [0.25, 0.3) is 20.8 Å². The van der Waals surface area contributed by atoms with Gasteiger partial charge in [0.15, 0.2) is 11.3 Å². The maximum atomic E-state index is 11.8. The third-order valence-corrected chi connectivity index (χ3v) is 2.92. The van der Waals surface area contributed by atoms with Crippen molar-refractivity contribution in [3.8, 4) is 17.2 Å². The maximum Gasteiger partial charge on any atom is 1.00 e. The van der Waals surface area contributed by atoms with E-state index < -0.39 is 49.3 Å². The number of hydrogen-bond acceptors (Lipinski definition) is 11. The summed E-state index contributed by atoms with van der Waals surface area (Å²) in [6.07, 6.45) is 0. The molecule has 0 spiro atoms. The van der Waals surface area contributed by atoms with Crippen LogP contribution in [0.5, 0.6) is 17.2 Å². The van der Waals surface area contributed by atoms with Crippen LogP contribution in [0.15, 0.2) is 27.4 Å². The quantitative estimate of drug-likeness (QED) is 0.179. The molecule has 0 fully saturated rings. The average molecular weight is 469 g/mol. The molecule has 1 aromatic heterocycles. The first-order valence-corrected chi connectivity index (χ1v) is 7.71. The van der Waals surface area contributed by atoms with Crippen molar-refractivity contribution in [1.29, 1.82) is 0 Å². The number of benzene rings is 1. The Hall–Kier alpha value is 2.56. The van der Waals surface area contributed by atoms with Gasteiger partial charge in [-0.1, -0.05) is 0 Å². The van der Waals surface area contributed by atoms with Crippen molar-refractivity contribution in [2.75, 3.05) is 0 Å². The second kappa shape index (κ2) is 11.7. The smallest absolute Gasteiger partial charge is 0.867 e.